The molecule has 2 aromatic rings. The van der Waals surface area contributed by atoms with Gasteiger partial charge in [-0.25, -0.2) is 13.1 Å². The summed E-state index contributed by atoms with van der Waals surface area (Å²) in [6.07, 6.45) is 3.11. The molecule has 0 fully saturated rings. The van der Waals surface area contributed by atoms with Crippen LogP contribution in [-0.2, 0) is 23.2 Å². The maximum atomic E-state index is 12.0. The van der Waals surface area contributed by atoms with Gasteiger partial charge in [-0.3, -0.25) is 10.2 Å². The van der Waals surface area contributed by atoms with E-state index in [0.717, 1.165) is 0 Å². The fraction of sp³-hybridized carbons (Fsp3) is 0.333. The zero-order valence-electron chi connectivity index (χ0n) is 9.64. The third-order valence-electron chi connectivity index (χ3n) is 2.47. The van der Waals surface area contributed by atoms with E-state index in [9.17, 15) is 8.42 Å². The number of aliphatic hydroxyl groups is 1. The lowest BCUT2D eigenvalue weighted by molar-refractivity contribution is 0.277. The van der Waals surface area contributed by atoms with Gasteiger partial charge in [-0.05, 0) is 6.92 Å². The molecule has 0 atom stereocenters. The van der Waals surface area contributed by atoms with E-state index in [4.69, 9.17) is 5.11 Å². The minimum atomic E-state index is -3.75. The molecule has 0 bridgehead atoms. The molecule has 0 aliphatic heterocycles. The van der Waals surface area contributed by atoms with Crippen LogP contribution < -0.4 is 4.72 Å². The van der Waals surface area contributed by atoms with E-state index in [-0.39, 0.29) is 23.7 Å². The van der Waals surface area contributed by atoms with E-state index in [2.05, 4.69) is 25.1 Å². The third-order valence-corrected chi connectivity index (χ3v) is 3.84. The van der Waals surface area contributed by atoms with Gasteiger partial charge in [-0.2, -0.15) is 10.2 Å². The average Bonchev–Trinajstić information content (AvgIpc) is 2.95. The second-order valence-electron chi connectivity index (χ2n) is 3.72. The van der Waals surface area contributed by atoms with Crippen LogP contribution in [0.25, 0.3) is 0 Å². The molecule has 2 aromatic heterocycles. The molecule has 0 amide bonds. The second-order valence-corrected chi connectivity index (χ2v) is 5.40. The lowest BCUT2D eigenvalue weighted by atomic mass is 10.3. The number of sulfonamides is 1. The Morgan fingerprint density at radius 2 is 2.28 bits per heavy atom. The predicted molar refractivity (Wildman–Crippen MR) is 61.9 cm³/mol. The van der Waals surface area contributed by atoms with Crippen molar-refractivity contribution >= 4 is 10.0 Å². The molecule has 0 saturated carbocycles. The lowest BCUT2D eigenvalue weighted by Gasteiger charge is -2.04. The predicted octanol–water partition coefficient (Wildman–Crippen LogP) is -0.588. The first-order valence-corrected chi connectivity index (χ1v) is 6.65. The Bertz CT molecular complexity index is 617. The van der Waals surface area contributed by atoms with Gasteiger partial charge in [-0.1, -0.05) is 0 Å². The van der Waals surface area contributed by atoms with Crippen molar-refractivity contribution in [2.75, 3.05) is 0 Å². The summed E-state index contributed by atoms with van der Waals surface area (Å²) in [5, 5.41) is 21.5. The van der Waals surface area contributed by atoms with Crippen LogP contribution in [0.15, 0.2) is 17.4 Å². The van der Waals surface area contributed by atoms with Gasteiger partial charge in [0.1, 0.15) is 0 Å². The highest BCUT2D eigenvalue weighted by atomic mass is 32.2. The fourth-order valence-corrected chi connectivity index (χ4v) is 2.66. The smallest absolute Gasteiger partial charge is 0.260 e. The van der Waals surface area contributed by atoms with Gasteiger partial charge in [0.25, 0.3) is 10.0 Å². The van der Waals surface area contributed by atoms with Crippen molar-refractivity contribution in [3.63, 3.8) is 0 Å². The standard InChI is InChI=1S/C9H13N5O3S/c1-6-8(5-15)9(14-13-6)18(16,17)12-4-7-2-10-11-3-7/h2-3,12,15H,4-5H2,1H3,(H,10,11)(H,13,14). The Hall–Kier alpha value is -1.71. The highest BCUT2D eigenvalue weighted by Crippen LogP contribution is 2.16. The molecule has 0 aromatic carbocycles. The summed E-state index contributed by atoms with van der Waals surface area (Å²) in [5.41, 5.74) is 1.51. The molecular weight excluding hydrogens is 258 g/mol. The summed E-state index contributed by atoms with van der Waals surface area (Å²) in [6, 6.07) is 0. The van der Waals surface area contributed by atoms with E-state index in [0.29, 0.717) is 11.3 Å². The number of nitrogens with one attached hydrogen (secondary N) is 3. The largest absolute Gasteiger partial charge is 0.392 e. The monoisotopic (exact) mass is 271 g/mol. The van der Waals surface area contributed by atoms with Crippen molar-refractivity contribution in [2.24, 2.45) is 0 Å². The Morgan fingerprint density at radius 1 is 1.50 bits per heavy atom. The zero-order valence-corrected chi connectivity index (χ0v) is 10.5. The van der Waals surface area contributed by atoms with E-state index in [1.54, 1.807) is 13.1 Å². The van der Waals surface area contributed by atoms with Crippen molar-refractivity contribution in [1.29, 1.82) is 0 Å². The summed E-state index contributed by atoms with van der Waals surface area (Å²) in [7, 11) is -3.75. The molecule has 0 radical (unpaired) electrons. The molecule has 18 heavy (non-hydrogen) atoms. The minimum absolute atomic E-state index is 0.107. The molecule has 2 rings (SSSR count). The summed E-state index contributed by atoms with van der Waals surface area (Å²) in [5.74, 6) is 0. The molecule has 9 heteroatoms. The molecular formula is C9H13N5O3S. The highest BCUT2D eigenvalue weighted by Gasteiger charge is 2.23. The van der Waals surface area contributed by atoms with Gasteiger partial charge >= 0.3 is 0 Å². The summed E-state index contributed by atoms with van der Waals surface area (Å²) in [4.78, 5) is 0. The second kappa shape index (κ2) is 4.88. The van der Waals surface area contributed by atoms with Gasteiger partial charge in [-0.15, -0.1) is 0 Å². The number of aromatic nitrogens is 4. The van der Waals surface area contributed by atoms with Crippen molar-refractivity contribution < 1.29 is 13.5 Å². The first kappa shape index (κ1) is 12.7. The van der Waals surface area contributed by atoms with Gasteiger partial charge in [0.05, 0.1) is 12.8 Å². The van der Waals surface area contributed by atoms with Crippen molar-refractivity contribution in [1.82, 2.24) is 25.1 Å². The van der Waals surface area contributed by atoms with Gasteiger partial charge in [0, 0.05) is 29.6 Å². The number of H-pyrrole nitrogens is 2. The SMILES string of the molecule is Cc1[nH]nc(S(=O)(=O)NCc2cn[nH]c2)c1CO. The minimum Gasteiger partial charge on any atom is -0.392 e. The lowest BCUT2D eigenvalue weighted by Crippen LogP contribution is -2.24. The Kier molecular flexibility index (Phi) is 3.45. The van der Waals surface area contributed by atoms with Crippen LogP contribution in [0.3, 0.4) is 0 Å². The average molecular weight is 271 g/mol. The van der Waals surface area contributed by atoms with Crippen LogP contribution in [0.2, 0.25) is 0 Å². The quantitative estimate of drug-likeness (QED) is 0.579. The number of nitrogens with zero attached hydrogens (tertiary/aromatic N) is 2. The molecule has 0 aliphatic rings. The number of rotatable bonds is 5. The van der Waals surface area contributed by atoms with Gasteiger partial charge in [0.15, 0.2) is 5.03 Å². The van der Waals surface area contributed by atoms with Crippen LogP contribution in [0.4, 0.5) is 0 Å². The molecule has 8 nitrogen and oxygen atoms in total. The first-order chi connectivity index (χ1) is 8.54. The van der Waals surface area contributed by atoms with Crippen LogP contribution in [0.5, 0.6) is 0 Å². The normalized spacial score (nSPS) is 11.9. The molecule has 0 spiro atoms. The Morgan fingerprint density at radius 3 is 2.89 bits per heavy atom. The molecule has 4 N–H and O–H groups in total. The van der Waals surface area contributed by atoms with Crippen LogP contribution in [-0.4, -0.2) is 33.9 Å². The molecule has 0 saturated heterocycles. The topological polar surface area (TPSA) is 124 Å². The van der Waals surface area contributed by atoms with Crippen molar-refractivity contribution in [2.45, 2.75) is 25.1 Å². The third kappa shape index (κ3) is 2.42. The molecule has 0 unspecified atom stereocenters. The highest BCUT2D eigenvalue weighted by molar-refractivity contribution is 7.89. The number of aliphatic hydroxyl groups excluding tert-OH is 1. The summed E-state index contributed by atoms with van der Waals surface area (Å²) >= 11 is 0. The van der Waals surface area contributed by atoms with Crippen LogP contribution in [0.1, 0.15) is 16.8 Å². The maximum Gasteiger partial charge on any atom is 0.260 e. The van der Waals surface area contributed by atoms with E-state index < -0.39 is 10.0 Å². The Balaban J connectivity index is 2.20. The van der Waals surface area contributed by atoms with Crippen LogP contribution >= 0.6 is 0 Å². The Labute approximate surface area is 103 Å². The maximum absolute atomic E-state index is 12.0. The number of hydrogen-bond acceptors (Lipinski definition) is 5. The van der Waals surface area contributed by atoms with Crippen molar-refractivity contribution in [3.8, 4) is 0 Å². The van der Waals surface area contributed by atoms with Gasteiger partial charge in [0.2, 0.25) is 0 Å². The molecule has 98 valence electrons. The zero-order chi connectivity index (χ0) is 13.2. The number of aromatic amines is 2. The number of hydrogen-bond donors (Lipinski definition) is 4. The van der Waals surface area contributed by atoms with E-state index in [1.807, 2.05) is 0 Å². The first-order valence-electron chi connectivity index (χ1n) is 5.16. The molecule has 2 heterocycles. The van der Waals surface area contributed by atoms with Crippen LogP contribution in [0, 0.1) is 6.92 Å². The van der Waals surface area contributed by atoms with E-state index in [1.165, 1.54) is 6.20 Å². The van der Waals surface area contributed by atoms with E-state index >= 15 is 0 Å². The van der Waals surface area contributed by atoms with Crippen molar-refractivity contribution in [3.05, 3.63) is 29.2 Å². The molecule has 0 aliphatic carbocycles. The fourth-order valence-electron chi connectivity index (χ4n) is 1.46. The summed E-state index contributed by atoms with van der Waals surface area (Å²) < 4.78 is 26.4. The number of aryl methyl sites for hydroxylation is 1. The summed E-state index contributed by atoms with van der Waals surface area (Å²) in [6.45, 7) is 1.37. The van der Waals surface area contributed by atoms with Gasteiger partial charge < -0.3 is 5.11 Å².